The average molecular weight is 515 g/mol. The summed E-state index contributed by atoms with van der Waals surface area (Å²) in [6.45, 7) is 13.4. The van der Waals surface area contributed by atoms with Crippen molar-refractivity contribution in [2.75, 3.05) is 71.4 Å². The molecule has 2 saturated heterocycles. The molecule has 7 heteroatoms. The lowest BCUT2D eigenvalue weighted by Crippen LogP contribution is -2.47. The van der Waals surface area contributed by atoms with Gasteiger partial charge in [0.1, 0.15) is 5.75 Å². The monoisotopic (exact) mass is 515 g/mol. The first-order valence-electron chi connectivity index (χ1n) is 10.6. The molecule has 2 aliphatic heterocycles. The molecular weight excluding hydrogens is 477 g/mol. The lowest BCUT2D eigenvalue weighted by molar-refractivity contribution is 0.255. The van der Waals surface area contributed by atoms with Crippen LogP contribution in [0.4, 0.5) is 5.69 Å². The van der Waals surface area contributed by atoms with Gasteiger partial charge in [0, 0.05) is 58.5 Å². The predicted molar refractivity (Wildman–Crippen MR) is 133 cm³/mol. The van der Waals surface area contributed by atoms with E-state index in [0.717, 1.165) is 70.5 Å². The molecule has 0 amide bonds. The zero-order chi connectivity index (χ0) is 20.0. The topological polar surface area (TPSA) is 43.3 Å². The number of guanidine groups is 1. The highest BCUT2D eigenvalue weighted by atomic mass is 127. The van der Waals surface area contributed by atoms with Crippen molar-refractivity contribution >= 4 is 35.6 Å². The summed E-state index contributed by atoms with van der Waals surface area (Å²) in [6, 6.07) is 8.40. The Bertz CT molecular complexity index is 641. The van der Waals surface area contributed by atoms with E-state index in [1.165, 1.54) is 12.1 Å². The van der Waals surface area contributed by atoms with Crippen LogP contribution in [0, 0.1) is 5.41 Å². The van der Waals surface area contributed by atoms with Crippen molar-refractivity contribution in [2.45, 2.75) is 26.7 Å². The fraction of sp³-hybridized carbons (Fsp3) is 0.682. The molecule has 0 spiro atoms. The Morgan fingerprint density at radius 3 is 2.34 bits per heavy atom. The summed E-state index contributed by atoms with van der Waals surface area (Å²) in [6.07, 6.45) is 2.39. The summed E-state index contributed by atoms with van der Waals surface area (Å²) in [5.74, 6) is 1.98. The maximum absolute atomic E-state index is 5.25. The minimum Gasteiger partial charge on any atom is -0.497 e. The largest absolute Gasteiger partial charge is 0.497 e. The predicted octanol–water partition coefficient (Wildman–Crippen LogP) is 3.13. The molecule has 0 radical (unpaired) electrons. The van der Waals surface area contributed by atoms with Crippen LogP contribution in [0.3, 0.4) is 0 Å². The van der Waals surface area contributed by atoms with E-state index in [9.17, 15) is 0 Å². The molecule has 0 aromatic heterocycles. The summed E-state index contributed by atoms with van der Waals surface area (Å²) in [7, 11) is 3.61. The molecule has 1 aromatic carbocycles. The number of aliphatic imine (C=N–C) groups is 1. The van der Waals surface area contributed by atoms with E-state index in [4.69, 9.17) is 4.74 Å². The molecule has 2 aliphatic rings. The molecule has 0 bridgehead atoms. The third kappa shape index (κ3) is 6.91. The van der Waals surface area contributed by atoms with Crippen LogP contribution >= 0.6 is 24.0 Å². The van der Waals surface area contributed by atoms with Crippen molar-refractivity contribution < 1.29 is 4.74 Å². The van der Waals surface area contributed by atoms with Crippen molar-refractivity contribution in [3.8, 4) is 5.75 Å². The van der Waals surface area contributed by atoms with Crippen LogP contribution in [0.1, 0.15) is 26.7 Å². The fourth-order valence-electron chi connectivity index (χ4n) is 4.15. The van der Waals surface area contributed by atoms with E-state index in [1.54, 1.807) is 7.11 Å². The van der Waals surface area contributed by atoms with Crippen molar-refractivity contribution in [1.82, 2.24) is 15.1 Å². The number of methoxy groups -OCH3 is 1. The lowest BCUT2D eigenvalue weighted by atomic mass is 9.93. The zero-order valence-electron chi connectivity index (χ0n) is 18.5. The van der Waals surface area contributed by atoms with Crippen molar-refractivity contribution in [3.05, 3.63) is 24.3 Å². The van der Waals surface area contributed by atoms with Gasteiger partial charge in [0.25, 0.3) is 0 Å². The van der Waals surface area contributed by atoms with Gasteiger partial charge in [0.2, 0.25) is 0 Å². The van der Waals surface area contributed by atoms with Crippen LogP contribution in [0.15, 0.2) is 29.3 Å². The van der Waals surface area contributed by atoms with Gasteiger partial charge < -0.3 is 19.9 Å². The Hall–Kier alpha value is -1.22. The van der Waals surface area contributed by atoms with E-state index < -0.39 is 0 Å². The molecule has 2 fully saturated rings. The number of hydrogen-bond donors (Lipinski definition) is 1. The Labute approximate surface area is 193 Å². The third-order valence-corrected chi connectivity index (χ3v) is 5.93. The van der Waals surface area contributed by atoms with E-state index in [1.807, 2.05) is 19.2 Å². The molecule has 0 atom stereocenters. The number of nitrogens with one attached hydrogen (secondary N) is 1. The Morgan fingerprint density at radius 2 is 1.79 bits per heavy atom. The minimum absolute atomic E-state index is 0. The molecule has 29 heavy (non-hydrogen) atoms. The number of rotatable bonds is 6. The van der Waals surface area contributed by atoms with Gasteiger partial charge in [0.05, 0.1) is 7.11 Å². The zero-order valence-corrected chi connectivity index (χ0v) is 20.8. The van der Waals surface area contributed by atoms with Gasteiger partial charge in [-0.15, -0.1) is 24.0 Å². The second-order valence-electron chi connectivity index (χ2n) is 8.69. The molecule has 2 heterocycles. The molecule has 3 rings (SSSR count). The van der Waals surface area contributed by atoms with Gasteiger partial charge >= 0.3 is 0 Å². The molecule has 0 aliphatic carbocycles. The minimum atomic E-state index is 0. The van der Waals surface area contributed by atoms with Gasteiger partial charge in [-0.05, 0) is 49.1 Å². The SMILES string of the molecule is CN=C(NCCCN1CCN(c2ccc(OC)cc2)CC1)N1CCC(C)(C)C1.I. The Kier molecular flexibility index (Phi) is 9.33. The number of halogens is 1. The first kappa shape index (κ1) is 24.1. The highest BCUT2D eigenvalue weighted by Crippen LogP contribution is 2.28. The maximum Gasteiger partial charge on any atom is 0.193 e. The third-order valence-electron chi connectivity index (χ3n) is 5.93. The molecule has 1 aromatic rings. The Balaban J connectivity index is 0.00000300. The molecular formula is C22H38IN5O. The number of nitrogens with zero attached hydrogens (tertiary/aromatic N) is 4. The van der Waals surface area contributed by atoms with E-state index in [0.29, 0.717) is 5.41 Å². The quantitative estimate of drug-likeness (QED) is 0.273. The van der Waals surface area contributed by atoms with Gasteiger partial charge in [-0.25, -0.2) is 0 Å². The number of piperazine rings is 1. The van der Waals surface area contributed by atoms with Gasteiger partial charge in [-0.2, -0.15) is 0 Å². The maximum atomic E-state index is 5.25. The standard InChI is InChI=1S/C22H37N5O.HI/c1-22(2)10-13-27(18-22)21(23-3)24-11-5-12-25-14-16-26(17-15-25)19-6-8-20(28-4)9-7-19;/h6-9H,5,10-18H2,1-4H3,(H,23,24);1H. The van der Waals surface area contributed by atoms with Gasteiger partial charge in [-0.1, -0.05) is 13.8 Å². The molecule has 164 valence electrons. The molecule has 0 saturated carbocycles. The van der Waals surface area contributed by atoms with Crippen LogP contribution < -0.4 is 15.0 Å². The summed E-state index contributed by atoms with van der Waals surface area (Å²) in [5, 5.41) is 3.56. The summed E-state index contributed by atoms with van der Waals surface area (Å²) in [5.41, 5.74) is 1.70. The highest BCUT2D eigenvalue weighted by molar-refractivity contribution is 14.0. The van der Waals surface area contributed by atoms with Crippen LogP contribution in [0.5, 0.6) is 5.75 Å². The summed E-state index contributed by atoms with van der Waals surface area (Å²) < 4.78 is 5.25. The van der Waals surface area contributed by atoms with E-state index in [2.05, 4.69) is 51.0 Å². The molecule has 0 unspecified atom stereocenters. The van der Waals surface area contributed by atoms with Crippen LogP contribution in [-0.4, -0.2) is 82.3 Å². The first-order chi connectivity index (χ1) is 13.5. The number of ether oxygens (including phenoxy) is 1. The highest BCUT2D eigenvalue weighted by Gasteiger charge is 2.30. The van der Waals surface area contributed by atoms with Crippen molar-refractivity contribution in [3.63, 3.8) is 0 Å². The van der Waals surface area contributed by atoms with Crippen molar-refractivity contribution in [1.29, 1.82) is 0 Å². The molecule has 6 nitrogen and oxygen atoms in total. The van der Waals surface area contributed by atoms with Gasteiger partial charge in [-0.3, -0.25) is 9.89 Å². The summed E-state index contributed by atoms with van der Waals surface area (Å²) in [4.78, 5) is 11.9. The van der Waals surface area contributed by atoms with Gasteiger partial charge in [0.15, 0.2) is 5.96 Å². The van der Waals surface area contributed by atoms with Crippen LogP contribution in [0.2, 0.25) is 0 Å². The van der Waals surface area contributed by atoms with Crippen molar-refractivity contribution in [2.24, 2.45) is 10.4 Å². The van der Waals surface area contributed by atoms with E-state index in [-0.39, 0.29) is 24.0 Å². The van der Waals surface area contributed by atoms with E-state index >= 15 is 0 Å². The first-order valence-corrected chi connectivity index (χ1v) is 10.6. The number of likely N-dealkylation sites (tertiary alicyclic amines) is 1. The Morgan fingerprint density at radius 1 is 1.10 bits per heavy atom. The van der Waals surface area contributed by atoms with Crippen LogP contribution in [0.25, 0.3) is 0 Å². The van der Waals surface area contributed by atoms with Crippen LogP contribution in [-0.2, 0) is 0 Å². The number of benzene rings is 1. The lowest BCUT2D eigenvalue weighted by Gasteiger charge is -2.36. The number of hydrogen-bond acceptors (Lipinski definition) is 4. The average Bonchev–Trinajstić information content (AvgIpc) is 3.08. The smallest absolute Gasteiger partial charge is 0.193 e. The molecule has 1 N–H and O–H groups in total. The fourth-order valence-corrected chi connectivity index (χ4v) is 4.15. The normalized spacial score (nSPS) is 19.8. The second kappa shape index (κ2) is 11.2. The summed E-state index contributed by atoms with van der Waals surface area (Å²) >= 11 is 0. The number of anilines is 1. The second-order valence-corrected chi connectivity index (χ2v) is 8.69.